The predicted octanol–water partition coefficient (Wildman–Crippen LogP) is 5.10. The van der Waals surface area contributed by atoms with Crippen LogP contribution in [0.2, 0.25) is 5.02 Å². The molecule has 0 spiro atoms. The second-order valence-electron chi connectivity index (χ2n) is 6.42. The Morgan fingerprint density at radius 2 is 1.76 bits per heavy atom. The highest BCUT2D eigenvalue weighted by atomic mass is 35.5. The SMILES string of the molecule is CC1=NN(c2ccc(C(=O)O)cc2)C(=O)C1=Cc1ccc(-c2ccc(Cl)cc2)o1. The van der Waals surface area contributed by atoms with Gasteiger partial charge in [-0.05, 0) is 73.7 Å². The van der Waals surface area contributed by atoms with E-state index in [1.54, 1.807) is 43.3 Å². The van der Waals surface area contributed by atoms with Crippen molar-refractivity contribution in [3.05, 3.63) is 82.6 Å². The van der Waals surface area contributed by atoms with Gasteiger partial charge < -0.3 is 9.52 Å². The molecule has 2 heterocycles. The number of hydrazone groups is 1. The number of hydrogen-bond acceptors (Lipinski definition) is 4. The molecule has 6 nitrogen and oxygen atoms in total. The van der Waals surface area contributed by atoms with Crippen LogP contribution in [0.25, 0.3) is 17.4 Å². The van der Waals surface area contributed by atoms with Crippen LogP contribution in [0.3, 0.4) is 0 Å². The molecule has 144 valence electrons. The number of halogens is 1. The Bertz CT molecular complexity index is 1160. The van der Waals surface area contributed by atoms with Crippen LogP contribution in [-0.4, -0.2) is 22.7 Å². The van der Waals surface area contributed by atoms with Gasteiger partial charge in [0.25, 0.3) is 5.91 Å². The fourth-order valence-electron chi connectivity index (χ4n) is 2.95. The third-order valence-electron chi connectivity index (χ3n) is 4.46. The first-order chi connectivity index (χ1) is 13.9. The monoisotopic (exact) mass is 406 g/mol. The van der Waals surface area contributed by atoms with E-state index in [9.17, 15) is 9.59 Å². The molecule has 1 aliphatic heterocycles. The van der Waals surface area contributed by atoms with E-state index >= 15 is 0 Å². The molecule has 1 aromatic heterocycles. The zero-order valence-corrected chi connectivity index (χ0v) is 16.1. The molecule has 0 atom stereocenters. The average molecular weight is 407 g/mol. The molecule has 0 saturated carbocycles. The summed E-state index contributed by atoms with van der Waals surface area (Å²) in [5.74, 6) is -0.153. The van der Waals surface area contributed by atoms with Crippen LogP contribution in [0.1, 0.15) is 23.0 Å². The van der Waals surface area contributed by atoms with Gasteiger partial charge >= 0.3 is 5.97 Å². The third-order valence-corrected chi connectivity index (χ3v) is 4.72. The van der Waals surface area contributed by atoms with Crippen LogP contribution in [0.15, 0.2) is 75.8 Å². The van der Waals surface area contributed by atoms with Crippen molar-refractivity contribution in [1.82, 2.24) is 0 Å². The molecular weight excluding hydrogens is 392 g/mol. The highest BCUT2D eigenvalue weighted by Gasteiger charge is 2.29. The van der Waals surface area contributed by atoms with Gasteiger partial charge in [0.05, 0.1) is 22.5 Å². The zero-order valence-electron chi connectivity index (χ0n) is 15.3. The number of nitrogens with zero attached hydrogens (tertiary/aromatic N) is 2. The molecular formula is C22H15ClN2O4. The number of carbonyl (C=O) groups excluding carboxylic acids is 1. The van der Waals surface area contributed by atoms with Crippen molar-refractivity contribution in [3.8, 4) is 11.3 Å². The molecule has 29 heavy (non-hydrogen) atoms. The van der Waals surface area contributed by atoms with E-state index in [4.69, 9.17) is 21.1 Å². The summed E-state index contributed by atoms with van der Waals surface area (Å²) >= 11 is 5.91. The molecule has 0 aliphatic carbocycles. The molecule has 2 aromatic carbocycles. The summed E-state index contributed by atoms with van der Waals surface area (Å²) in [6.45, 7) is 1.73. The first kappa shape index (κ1) is 18.7. The smallest absolute Gasteiger partial charge is 0.335 e. The topological polar surface area (TPSA) is 83.1 Å². The molecule has 0 saturated heterocycles. The van der Waals surface area contributed by atoms with Gasteiger partial charge in [-0.2, -0.15) is 10.1 Å². The minimum absolute atomic E-state index is 0.141. The number of hydrogen-bond donors (Lipinski definition) is 1. The van der Waals surface area contributed by atoms with Crippen LogP contribution >= 0.6 is 11.6 Å². The quantitative estimate of drug-likeness (QED) is 0.610. The maximum Gasteiger partial charge on any atom is 0.335 e. The number of carbonyl (C=O) groups is 2. The summed E-state index contributed by atoms with van der Waals surface area (Å²) in [5.41, 5.74) is 2.46. The Kier molecular flexibility index (Phi) is 4.78. The number of furan rings is 1. The van der Waals surface area contributed by atoms with E-state index < -0.39 is 5.97 Å². The van der Waals surface area contributed by atoms with E-state index in [-0.39, 0.29) is 11.5 Å². The van der Waals surface area contributed by atoms with Crippen LogP contribution in [0, 0.1) is 0 Å². The van der Waals surface area contributed by atoms with Gasteiger partial charge in [-0.3, -0.25) is 4.79 Å². The van der Waals surface area contributed by atoms with E-state index in [1.807, 2.05) is 18.2 Å². The Labute approximate surface area is 171 Å². The number of carboxylic acid groups (broad SMARTS) is 1. The largest absolute Gasteiger partial charge is 0.478 e. The molecule has 0 bridgehead atoms. The molecule has 1 aliphatic rings. The minimum Gasteiger partial charge on any atom is -0.478 e. The lowest BCUT2D eigenvalue weighted by molar-refractivity contribution is -0.114. The molecule has 4 rings (SSSR count). The summed E-state index contributed by atoms with van der Waals surface area (Å²) in [6, 6.07) is 16.8. The fraction of sp³-hybridized carbons (Fsp3) is 0.0455. The van der Waals surface area contributed by atoms with Gasteiger partial charge in [-0.15, -0.1) is 0 Å². The van der Waals surface area contributed by atoms with Crippen molar-refractivity contribution >= 4 is 41.0 Å². The number of aromatic carboxylic acids is 1. The summed E-state index contributed by atoms with van der Waals surface area (Å²) in [6.07, 6.45) is 1.65. The van der Waals surface area contributed by atoms with E-state index in [0.717, 1.165) is 5.56 Å². The van der Waals surface area contributed by atoms with Crippen molar-refractivity contribution in [1.29, 1.82) is 0 Å². The molecule has 3 aromatic rings. The van der Waals surface area contributed by atoms with E-state index in [0.29, 0.717) is 33.5 Å². The van der Waals surface area contributed by atoms with Crippen LogP contribution < -0.4 is 5.01 Å². The standard InChI is InChI=1S/C22H15ClN2O4/c1-13-19(12-18-10-11-20(29-18)14-2-6-16(23)7-3-14)21(26)25(24-13)17-8-4-15(5-9-17)22(27)28/h2-12H,1H3,(H,27,28). The number of carboxylic acids is 1. The second-order valence-corrected chi connectivity index (χ2v) is 6.86. The van der Waals surface area contributed by atoms with E-state index in [2.05, 4.69) is 5.10 Å². The fourth-order valence-corrected chi connectivity index (χ4v) is 3.07. The summed E-state index contributed by atoms with van der Waals surface area (Å²) in [5, 5.41) is 15.2. The first-order valence-electron chi connectivity index (χ1n) is 8.73. The molecule has 1 N–H and O–H groups in total. The minimum atomic E-state index is -1.03. The number of anilines is 1. The summed E-state index contributed by atoms with van der Waals surface area (Å²) in [7, 11) is 0. The van der Waals surface area contributed by atoms with Gasteiger partial charge in [0.15, 0.2) is 0 Å². The predicted molar refractivity (Wildman–Crippen MR) is 111 cm³/mol. The number of amides is 1. The normalized spacial score (nSPS) is 15.1. The molecule has 7 heteroatoms. The molecule has 0 unspecified atom stereocenters. The highest BCUT2D eigenvalue weighted by molar-refractivity contribution is 6.32. The lowest BCUT2D eigenvalue weighted by atomic mass is 10.1. The van der Waals surface area contributed by atoms with Gasteiger partial charge in [0.2, 0.25) is 0 Å². The Balaban J connectivity index is 1.59. The van der Waals surface area contributed by atoms with E-state index in [1.165, 1.54) is 17.1 Å². The Morgan fingerprint density at radius 1 is 1.07 bits per heavy atom. The van der Waals surface area contributed by atoms with Crippen LogP contribution in [0.4, 0.5) is 5.69 Å². The first-order valence-corrected chi connectivity index (χ1v) is 9.11. The summed E-state index contributed by atoms with van der Waals surface area (Å²) in [4.78, 5) is 23.8. The van der Waals surface area contributed by atoms with Gasteiger partial charge in [0.1, 0.15) is 11.5 Å². The van der Waals surface area contributed by atoms with Crippen molar-refractivity contribution in [2.24, 2.45) is 5.10 Å². The molecule has 1 amide bonds. The van der Waals surface area contributed by atoms with Crippen molar-refractivity contribution in [2.75, 3.05) is 5.01 Å². The van der Waals surface area contributed by atoms with Gasteiger partial charge in [-0.25, -0.2) is 4.79 Å². The van der Waals surface area contributed by atoms with Gasteiger partial charge in [-0.1, -0.05) is 11.6 Å². The van der Waals surface area contributed by atoms with Crippen LogP contribution in [-0.2, 0) is 4.79 Å². The second kappa shape index (κ2) is 7.41. The highest BCUT2D eigenvalue weighted by Crippen LogP contribution is 2.28. The average Bonchev–Trinajstić information content (AvgIpc) is 3.29. The molecule has 0 radical (unpaired) electrons. The van der Waals surface area contributed by atoms with Crippen molar-refractivity contribution in [3.63, 3.8) is 0 Å². The summed E-state index contributed by atoms with van der Waals surface area (Å²) < 4.78 is 5.84. The zero-order chi connectivity index (χ0) is 20.5. The van der Waals surface area contributed by atoms with Crippen molar-refractivity contribution < 1.29 is 19.1 Å². The lowest BCUT2D eigenvalue weighted by Crippen LogP contribution is -2.21. The third kappa shape index (κ3) is 3.70. The lowest BCUT2D eigenvalue weighted by Gasteiger charge is -2.11. The van der Waals surface area contributed by atoms with Gasteiger partial charge in [0, 0.05) is 10.6 Å². The number of benzene rings is 2. The maximum absolute atomic E-state index is 12.8. The Hall–Kier alpha value is -3.64. The van der Waals surface area contributed by atoms with Crippen LogP contribution in [0.5, 0.6) is 0 Å². The molecule has 0 fully saturated rings. The Morgan fingerprint density at radius 3 is 2.41 bits per heavy atom. The maximum atomic E-state index is 12.8. The van der Waals surface area contributed by atoms with Crippen molar-refractivity contribution in [2.45, 2.75) is 6.92 Å². The number of rotatable bonds is 4.